The van der Waals surface area contributed by atoms with E-state index in [4.69, 9.17) is 4.74 Å². The number of unbranched alkanes of at least 4 members (excludes halogenated alkanes) is 1. The summed E-state index contributed by atoms with van der Waals surface area (Å²) in [6.07, 6.45) is 5.54. The Morgan fingerprint density at radius 2 is 1.86 bits per heavy atom. The molecule has 0 radical (unpaired) electrons. The largest absolute Gasteiger partial charge is 0.452 e. The first-order chi connectivity index (χ1) is 14.0. The number of carbonyl (C=O) groups excluding carboxylic acids is 4. The maximum atomic E-state index is 12.5. The van der Waals surface area contributed by atoms with Crippen molar-refractivity contribution in [2.24, 2.45) is 0 Å². The molecular formula is C22H28N2O5. The van der Waals surface area contributed by atoms with E-state index in [0.717, 1.165) is 38.5 Å². The van der Waals surface area contributed by atoms with E-state index < -0.39 is 5.97 Å². The summed E-state index contributed by atoms with van der Waals surface area (Å²) in [5, 5.41) is 0. The van der Waals surface area contributed by atoms with Crippen molar-refractivity contribution in [3.05, 3.63) is 34.9 Å². The molecule has 0 aliphatic carbocycles. The van der Waals surface area contributed by atoms with Gasteiger partial charge in [0.15, 0.2) is 6.61 Å². The van der Waals surface area contributed by atoms with Gasteiger partial charge in [0.05, 0.1) is 16.7 Å². The van der Waals surface area contributed by atoms with Crippen LogP contribution < -0.4 is 0 Å². The van der Waals surface area contributed by atoms with Crippen molar-refractivity contribution in [1.29, 1.82) is 0 Å². The molecule has 1 aromatic rings. The molecule has 2 aliphatic rings. The molecule has 156 valence electrons. The van der Waals surface area contributed by atoms with E-state index in [0.29, 0.717) is 18.7 Å². The third-order valence-electron chi connectivity index (χ3n) is 5.69. The van der Waals surface area contributed by atoms with Gasteiger partial charge in [-0.1, -0.05) is 20.3 Å². The second-order valence-corrected chi connectivity index (χ2v) is 7.60. The number of piperidine rings is 1. The molecule has 0 saturated carbocycles. The summed E-state index contributed by atoms with van der Waals surface area (Å²) in [4.78, 5) is 52.8. The van der Waals surface area contributed by atoms with E-state index in [1.807, 2.05) is 6.92 Å². The fraction of sp³-hybridized carbons (Fsp3) is 0.545. The summed E-state index contributed by atoms with van der Waals surface area (Å²) < 4.78 is 5.21. The van der Waals surface area contributed by atoms with E-state index in [1.54, 1.807) is 4.90 Å². The lowest BCUT2D eigenvalue weighted by atomic mass is 10.00. The summed E-state index contributed by atoms with van der Waals surface area (Å²) in [6, 6.07) is 4.55. The molecule has 1 unspecified atom stereocenters. The van der Waals surface area contributed by atoms with Crippen molar-refractivity contribution in [3.8, 4) is 0 Å². The Morgan fingerprint density at radius 1 is 1.10 bits per heavy atom. The molecule has 0 bridgehead atoms. The van der Waals surface area contributed by atoms with Gasteiger partial charge in [-0.25, -0.2) is 4.79 Å². The molecule has 0 aromatic heterocycles. The van der Waals surface area contributed by atoms with E-state index in [-0.39, 0.29) is 41.5 Å². The predicted octanol–water partition coefficient (Wildman–Crippen LogP) is 3.03. The highest BCUT2D eigenvalue weighted by Crippen LogP contribution is 2.25. The quantitative estimate of drug-likeness (QED) is 0.519. The zero-order valence-electron chi connectivity index (χ0n) is 17.1. The molecule has 3 rings (SSSR count). The number of rotatable bonds is 7. The minimum atomic E-state index is -0.668. The van der Waals surface area contributed by atoms with Crippen molar-refractivity contribution in [3.63, 3.8) is 0 Å². The SMILES string of the molecule is CCCCN1C(=O)c2ccc(C(=O)OCC(=O)N3CCCCC3CC)cc2C1=O. The Balaban J connectivity index is 1.64. The van der Waals surface area contributed by atoms with Crippen LogP contribution >= 0.6 is 0 Å². The van der Waals surface area contributed by atoms with Crippen molar-refractivity contribution < 1.29 is 23.9 Å². The zero-order chi connectivity index (χ0) is 21.0. The maximum absolute atomic E-state index is 12.5. The van der Waals surface area contributed by atoms with Crippen LogP contribution in [0.2, 0.25) is 0 Å². The lowest BCUT2D eigenvalue weighted by molar-refractivity contribution is -0.138. The number of hydrogen-bond donors (Lipinski definition) is 0. The summed E-state index contributed by atoms with van der Waals surface area (Å²) in [7, 11) is 0. The average molecular weight is 400 g/mol. The molecule has 1 saturated heterocycles. The van der Waals surface area contributed by atoms with Gasteiger partial charge in [-0.05, 0) is 50.3 Å². The number of hydrogen-bond acceptors (Lipinski definition) is 5. The third kappa shape index (κ3) is 4.33. The highest BCUT2D eigenvalue weighted by Gasteiger charge is 2.35. The standard InChI is InChI=1S/C22H28N2O5/c1-3-5-11-24-20(26)17-10-9-15(13-18(17)21(24)27)22(28)29-14-19(25)23-12-7-6-8-16(23)4-2/h9-10,13,16H,3-8,11-12,14H2,1-2H3. The molecule has 3 amide bonds. The second kappa shape index (κ2) is 9.20. The highest BCUT2D eigenvalue weighted by atomic mass is 16.5. The Hall–Kier alpha value is -2.70. The number of esters is 1. The van der Waals surface area contributed by atoms with Crippen LogP contribution in [0.3, 0.4) is 0 Å². The minimum Gasteiger partial charge on any atom is -0.452 e. The fourth-order valence-electron chi connectivity index (χ4n) is 3.98. The van der Waals surface area contributed by atoms with E-state index >= 15 is 0 Å². The Kier molecular flexibility index (Phi) is 6.67. The predicted molar refractivity (Wildman–Crippen MR) is 107 cm³/mol. The lowest BCUT2D eigenvalue weighted by Gasteiger charge is -2.35. The van der Waals surface area contributed by atoms with Crippen LogP contribution in [0, 0.1) is 0 Å². The van der Waals surface area contributed by atoms with Gasteiger partial charge in [0, 0.05) is 19.1 Å². The van der Waals surface area contributed by atoms with Crippen molar-refractivity contribution in [1.82, 2.24) is 9.80 Å². The lowest BCUT2D eigenvalue weighted by Crippen LogP contribution is -2.45. The number of fused-ring (bicyclic) bond motifs is 1. The number of ether oxygens (including phenoxy) is 1. The van der Waals surface area contributed by atoms with Gasteiger partial charge >= 0.3 is 5.97 Å². The molecule has 1 atom stereocenters. The molecule has 1 fully saturated rings. The van der Waals surface area contributed by atoms with Gasteiger partial charge in [-0.15, -0.1) is 0 Å². The number of benzene rings is 1. The van der Waals surface area contributed by atoms with Crippen molar-refractivity contribution in [2.75, 3.05) is 19.7 Å². The minimum absolute atomic E-state index is 0.167. The molecule has 2 aliphatic heterocycles. The van der Waals surface area contributed by atoms with Crippen LogP contribution in [0.25, 0.3) is 0 Å². The molecule has 2 heterocycles. The van der Waals surface area contributed by atoms with Crippen LogP contribution in [0.5, 0.6) is 0 Å². The molecule has 1 aromatic carbocycles. The number of nitrogens with zero attached hydrogens (tertiary/aromatic N) is 2. The first-order valence-electron chi connectivity index (χ1n) is 10.4. The normalized spacial score (nSPS) is 18.8. The van der Waals surface area contributed by atoms with Crippen LogP contribution in [-0.2, 0) is 9.53 Å². The molecular weight excluding hydrogens is 372 g/mol. The number of amides is 3. The maximum Gasteiger partial charge on any atom is 0.338 e. The summed E-state index contributed by atoms with van der Waals surface area (Å²) in [5.41, 5.74) is 0.688. The summed E-state index contributed by atoms with van der Waals surface area (Å²) in [5.74, 6) is -1.57. The van der Waals surface area contributed by atoms with E-state index in [2.05, 4.69) is 6.92 Å². The molecule has 7 nitrogen and oxygen atoms in total. The van der Waals surface area contributed by atoms with Crippen molar-refractivity contribution in [2.45, 2.75) is 58.4 Å². The molecule has 0 N–H and O–H groups in total. The Bertz CT molecular complexity index is 819. The third-order valence-corrected chi connectivity index (χ3v) is 5.69. The number of likely N-dealkylation sites (tertiary alicyclic amines) is 1. The fourth-order valence-corrected chi connectivity index (χ4v) is 3.98. The van der Waals surface area contributed by atoms with Gasteiger partial charge in [0.25, 0.3) is 17.7 Å². The molecule has 29 heavy (non-hydrogen) atoms. The van der Waals surface area contributed by atoms with E-state index in [1.165, 1.54) is 23.1 Å². The van der Waals surface area contributed by atoms with Crippen LogP contribution in [0.4, 0.5) is 0 Å². The van der Waals surface area contributed by atoms with Crippen LogP contribution in [0.1, 0.15) is 83.4 Å². The Labute approximate surface area is 171 Å². The Morgan fingerprint density at radius 3 is 2.59 bits per heavy atom. The summed E-state index contributed by atoms with van der Waals surface area (Å²) >= 11 is 0. The first-order valence-corrected chi connectivity index (χ1v) is 10.4. The molecule has 0 spiro atoms. The van der Waals surface area contributed by atoms with Crippen LogP contribution in [0.15, 0.2) is 18.2 Å². The number of imide groups is 1. The topological polar surface area (TPSA) is 84.0 Å². The zero-order valence-corrected chi connectivity index (χ0v) is 17.1. The monoisotopic (exact) mass is 400 g/mol. The average Bonchev–Trinajstić information content (AvgIpc) is 2.99. The smallest absolute Gasteiger partial charge is 0.338 e. The van der Waals surface area contributed by atoms with Crippen molar-refractivity contribution >= 4 is 23.7 Å². The van der Waals surface area contributed by atoms with Crippen LogP contribution in [-0.4, -0.2) is 59.2 Å². The molecule has 7 heteroatoms. The van der Waals surface area contributed by atoms with Gasteiger partial charge < -0.3 is 9.64 Å². The first kappa shape index (κ1) is 21.0. The highest BCUT2D eigenvalue weighted by molar-refractivity contribution is 6.21. The van der Waals surface area contributed by atoms with E-state index in [9.17, 15) is 19.2 Å². The van der Waals surface area contributed by atoms with Gasteiger partial charge in [-0.3, -0.25) is 19.3 Å². The number of carbonyl (C=O) groups is 4. The van der Waals surface area contributed by atoms with Gasteiger partial charge in [0.2, 0.25) is 0 Å². The summed E-state index contributed by atoms with van der Waals surface area (Å²) in [6.45, 7) is 4.78. The second-order valence-electron chi connectivity index (χ2n) is 7.60. The van der Waals surface area contributed by atoms with Gasteiger partial charge in [-0.2, -0.15) is 0 Å². The van der Waals surface area contributed by atoms with Gasteiger partial charge in [0.1, 0.15) is 0 Å².